The average molecular weight is 196 g/mol. The molecule has 1 heterocycles. The maximum Gasteiger partial charge on any atom is 0.213 e. The van der Waals surface area contributed by atoms with Crippen LogP contribution in [0.15, 0.2) is 11.6 Å². The van der Waals surface area contributed by atoms with Crippen molar-refractivity contribution in [3.63, 3.8) is 0 Å². The van der Waals surface area contributed by atoms with Crippen molar-refractivity contribution in [2.75, 3.05) is 13.1 Å². The first kappa shape index (κ1) is 11.4. The summed E-state index contributed by atoms with van der Waals surface area (Å²) in [6.07, 6.45) is 2.12. The summed E-state index contributed by atoms with van der Waals surface area (Å²) in [7, 11) is 0. The van der Waals surface area contributed by atoms with E-state index in [0.717, 1.165) is 12.1 Å². The molecule has 1 N–H and O–H groups in total. The maximum absolute atomic E-state index is 11.8. The van der Waals surface area contributed by atoms with E-state index in [1.165, 1.54) is 4.90 Å². The highest BCUT2D eigenvalue weighted by molar-refractivity contribution is 5.96. The Labute approximate surface area is 87.0 Å². The largest absolute Gasteiger partial charge is 0.321 e. The van der Waals surface area contributed by atoms with Crippen molar-refractivity contribution in [2.24, 2.45) is 5.92 Å². The van der Waals surface area contributed by atoms with E-state index >= 15 is 0 Å². The van der Waals surface area contributed by atoms with Gasteiger partial charge < -0.3 is 4.90 Å². The van der Waals surface area contributed by atoms with Gasteiger partial charge in [-0.15, -0.1) is 0 Å². The van der Waals surface area contributed by atoms with E-state index < -0.39 is 0 Å². The third kappa shape index (κ3) is 2.44. The molecular formula is C12H22NO+. The highest BCUT2D eigenvalue weighted by Crippen LogP contribution is 2.11. The van der Waals surface area contributed by atoms with Gasteiger partial charge in [-0.3, -0.25) is 4.79 Å². The number of rotatable bonds is 1. The predicted octanol–water partition coefficient (Wildman–Crippen LogP) is 0.835. The summed E-state index contributed by atoms with van der Waals surface area (Å²) in [5.74, 6) is 0.709. The first-order chi connectivity index (χ1) is 6.32. The molecule has 0 fully saturated rings. The van der Waals surface area contributed by atoms with Crippen LogP contribution in [0.4, 0.5) is 0 Å². The minimum atomic E-state index is 0.175. The highest BCUT2D eigenvalue weighted by Gasteiger charge is 2.31. The molecule has 0 bridgehead atoms. The molecule has 0 radical (unpaired) electrons. The molecule has 1 aliphatic heterocycles. The lowest BCUT2D eigenvalue weighted by Crippen LogP contribution is -3.20. The van der Waals surface area contributed by atoms with Crippen molar-refractivity contribution in [3.05, 3.63) is 11.6 Å². The van der Waals surface area contributed by atoms with Crippen LogP contribution in [-0.4, -0.2) is 24.4 Å². The van der Waals surface area contributed by atoms with Crippen LogP contribution in [0.5, 0.6) is 0 Å². The number of carbonyl (C=O) groups excluding carboxylic acids is 1. The molecule has 1 rings (SSSR count). The number of quaternary nitrogens is 1. The van der Waals surface area contributed by atoms with Gasteiger partial charge in [0, 0.05) is 5.57 Å². The van der Waals surface area contributed by atoms with Crippen molar-refractivity contribution >= 4 is 5.78 Å². The Morgan fingerprint density at radius 3 is 2.29 bits per heavy atom. The molecule has 0 aliphatic carbocycles. The maximum atomic E-state index is 11.8. The standard InChI is InChI=1S/C12H21NO/c1-9(2)10-6-7-13(8-11(10)14)12(3,4)5/h6,9H,7-8H2,1-5H3/p+1. The normalized spacial score (nSPS) is 24.0. The quantitative estimate of drug-likeness (QED) is 0.659. The van der Waals surface area contributed by atoms with Gasteiger partial charge in [0.25, 0.3) is 0 Å². The number of ketones is 1. The number of Topliss-reactive ketones (excluding diaryl/α,β-unsaturated/α-hetero) is 1. The SMILES string of the molecule is CC(C)C1=CC[NH+](C(C)(C)C)CC1=O. The summed E-state index contributed by atoms with van der Waals surface area (Å²) in [6, 6.07) is 0. The summed E-state index contributed by atoms with van der Waals surface area (Å²) < 4.78 is 0. The second-order valence-corrected chi connectivity index (χ2v) is 5.47. The topological polar surface area (TPSA) is 21.5 Å². The third-order valence-electron chi connectivity index (χ3n) is 2.95. The molecule has 0 amide bonds. The van der Waals surface area contributed by atoms with Crippen molar-refractivity contribution in [3.8, 4) is 0 Å². The molecule has 0 saturated carbocycles. The van der Waals surface area contributed by atoms with Crippen molar-refractivity contribution < 1.29 is 9.69 Å². The molecule has 0 aromatic rings. The van der Waals surface area contributed by atoms with Gasteiger partial charge in [-0.05, 0) is 32.8 Å². The lowest BCUT2D eigenvalue weighted by atomic mass is 9.93. The van der Waals surface area contributed by atoms with Crippen LogP contribution in [-0.2, 0) is 4.79 Å². The van der Waals surface area contributed by atoms with Gasteiger partial charge in [0.1, 0.15) is 6.54 Å². The minimum absolute atomic E-state index is 0.175. The zero-order valence-corrected chi connectivity index (χ0v) is 9.98. The highest BCUT2D eigenvalue weighted by atomic mass is 16.1. The second kappa shape index (κ2) is 3.85. The monoisotopic (exact) mass is 196 g/mol. The smallest absolute Gasteiger partial charge is 0.213 e. The Balaban J connectivity index is 2.77. The van der Waals surface area contributed by atoms with E-state index in [0.29, 0.717) is 18.2 Å². The lowest BCUT2D eigenvalue weighted by Gasteiger charge is -2.34. The van der Waals surface area contributed by atoms with E-state index in [4.69, 9.17) is 0 Å². The van der Waals surface area contributed by atoms with E-state index in [2.05, 4.69) is 40.7 Å². The number of nitrogens with one attached hydrogen (secondary N) is 1. The molecule has 0 spiro atoms. The summed E-state index contributed by atoms with van der Waals surface area (Å²) >= 11 is 0. The van der Waals surface area contributed by atoms with Crippen LogP contribution in [0.1, 0.15) is 34.6 Å². The molecular weight excluding hydrogens is 174 g/mol. The van der Waals surface area contributed by atoms with E-state index in [1.54, 1.807) is 0 Å². The van der Waals surface area contributed by atoms with Crippen LogP contribution >= 0.6 is 0 Å². The first-order valence-corrected chi connectivity index (χ1v) is 5.41. The van der Waals surface area contributed by atoms with Gasteiger partial charge >= 0.3 is 0 Å². The molecule has 0 saturated heterocycles. The minimum Gasteiger partial charge on any atom is -0.321 e. The molecule has 2 nitrogen and oxygen atoms in total. The van der Waals surface area contributed by atoms with Gasteiger partial charge in [-0.1, -0.05) is 13.8 Å². The van der Waals surface area contributed by atoms with Gasteiger partial charge in [-0.2, -0.15) is 0 Å². The van der Waals surface area contributed by atoms with Crippen LogP contribution in [0, 0.1) is 5.92 Å². The van der Waals surface area contributed by atoms with E-state index in [1.807, 2.05) is 0 Å². The van der Waals surface area contributed by atoms with Gasteiger partial charge in [0.15, 0.2) is 0 Å². The molecule has 2 heteroatoms. The fraction of sp³-hybridized carbons (Fsp3) is 0.750. The summed E-state index contributed by atoms with van der Waals surface area (Å²) in [5.41, 5.74) is 1.20. The summed E-state index contributed by atoms with van der Waals surface area (Å²) in [6.45, 7) is 12.4. The van der Waals surface area contributed by atoms with Gasteiger partial charge in [0.2, 0.25) is 5.78 Å². The molecule has 0 aromatic carbocycles. The van der Waals surface area contributed by atoms with Crippen molar-refractivity contribution in [1.29, 1.82) is 0 Å². The fourth-order valence-electron chi connectivity index (χ4n) is 1.84. The summed E-state index contributed by atoms with van der Waals surface area (Å²) in [5, 5.41) is 0. The number of hydrogen-bond donors (Lipinski definition) is 1. The molecule has 1 aliphatic rings. The molecule has 14 heavy (non-hydrogen) atoms. The van der Waals surface area contributed by atoms with Gasteiger partial charge in [0.05, 0.1) is 12.1 Å². The van der Waals surface area contributed by atoms with Crippen LogP contribution < -0.4 is 4.90 Å². The fourth-order valence-corrected chi connectivity index (χ4v) is 1.84. The first-order valence-electron chi connectivity index (χ1n) is 5.41. The molecule has 0 aromatic heterocycles. The van der Waals surface area contributed by atoms with E-state index in [9.17, 15) is 4.79 Å². The predicted molar refractivity (Wildman–Crippen MR) is 58.4 cm³/mol. The Morgan fingerprint density at radius 2 is 1.93 bits per heavy atom. The number of hydrogen-bond acceptors (Lipinski definition) is 1. The Kier molecular flexibility index (Phi) is 3.15. The lowest BCUT2D eigenvalue weighted by molar-refractivity contribution is -0.934. The van der Waals surface area contributed by atoms with E-state index in [-0.39, 0.29) is 5.54 Å². The van der Waals surface area contributed by atoms with Gasteiger partial charge in [-0.25, -0.2) is 0 Å². The average Bonchev–Trinajstić information content (AvgIpc) is 2.01. The molecule has 1 unspecified atom stereocenters. The van der Waals surface area contributed by atoms with Crippen molar-refractivity contribution in [1.82, 2.24) is 0 Å². The van der Waals surface area contributed by atoms with Crippen LogP contribution in [0.3, 0.4) is 0 Å². The van der Waals surface area contributed by atoms with Crippen molar-refractivity contribution in [2.45, 2.75) is 40.2 Å². The molecule has 80 valence electrons. The number of carbonyl (C=O) groups is 1. The Bertz CT molecular complexity index is 258. The zero-order valence-electron chi connectivity index (χ0n) is 9.98. The Hall–Kier alpha value is -0.630. The Morgan fingerprint density at radius 1 is 1.36 bits per heavy atom. The second-order valence-electron chi connectivity index (χ2n) is 5.47. The molecule has 1 atom stereocenters. The third-order valence-corrected chi connectivity index (χ3v) is 2.95. The van der Waals surface area contributed by atoms with Crippen LogP contribution in [0.2, 0.25) is 0 Å². The summed E-state index contributed by atoms with van der Waals surface area (Å²) in [4.78, 5) is 13.2. The zero-order chi connectivity index (χ0) is 10.9. The van der Waals surface area contributed by atoms with Crippen LogP contribution in [0.25, 0.3) is 0 Å².